The average molecular weight is 207 g/mol. The molecule has 3 nitrogen and oxygen atoms in total. The maximum Gasteiger partial charge on any atom is 0.152 e. The van der Waals surface area contributed by atoms with Crippen molar-refractivity contribution in [2.75, 3.05) is 5.73 Å². The third kappa shape index (κ3) is 1.29. The van der Waals surface area contributed by atoms with Crippen molar-refractivity contribution >= 4 is 33.4 Å². The van der Waals surface area contributed by atoms with E-state index in [0.29, 0.717) is 11.3 Å². The molecule has 0 fully saturated rings. The SMILES string of the molecule is Nc1ccc2sc(CO)cc2c1C=O. The van der Waals surface area contributed by atoms with Crippen LogP contribution < -0.4 is 5.73 Å². The van der Waals surface area contributed by atoms with Gasteiger partial charge in [0.2, 0.25) is 0 Å². The average Bonchev–Trinajstić information content (AvgIpc) is 2.60. The molecule has 0 aliphatic rings. The zero-order chi connectivity index (χ0) is 10.1. The summed E-state index contributed by atoms with van der Waals surface area (Å²) < 4.78 is 0.977. The normalized spacial score (nSPS) is 10.6. The standard InChI is InChI=1S/C10H9NO2S/c11-9-1-2-10-7(8(9)5-13)3-6(4-12)14-10/h1-3,5,12H,4,11H2. The molecule has 0 spiro atoms. The first kappa shape index (κ1) is 9.18. The molecule has 1 heterocycles. The second-order valence-corrected chi connectivity index (χ2v) is 4.14. The molecule has 0 bridgehead atoms. The van der Waals surface area contributed by atoms with Crippen molar-refractivity contribution < 1.29 is 9.90 Å². The van der Waals surface area contributed by atoms with Crippen LogP contribution in [0.2, 0.25) is 0 Å². The second kappa shape index (κ2) is 3.40. The van der Waals surface area contributed by atoms with Crippen molar-refractivity contribution in [1.29, 1.82) is 0 Å². The molecule has 2 rings (SSSR count). The van der Waals surface area contributed by atoms with Gasteiger partial charge in [0.05, 0.1) is 6.61 Å². The van der Waals surface area contributed by atoms with Gasteiger partial charge >= 0.3 is 0 Å². The molecule has 72 valence electrons. The van der Waals surface area contributed by atoms with Crippen LogP contribution in [0, 0.1) is 0 Å². The van der Waals surface area contributed by atoms with Gasteiger partial charge in [-0.3, -0.25) is 4.79 Å². The lowest BCUT2D eigenvalue weighted by Crippen LogP contribution is -1.91. The highest BCUT2D eigenvalue weighted by molar-refractivity contribution is 7.19. The number of carbonyl (C=O) groups is 1. The molecule has 0 amide bonds. The van der Waals surface area contributed by atoms with Gasteiger partial charge in [-0.15, -0.1) is 11.3 Å². The first-order chi connectivity index (χ1) is 6.76. The summed E-state index contributed by atoms with van der Waals surface area (Å²) in [6.07, 6.45) is 0.755. The topological polar surface area (TPSA) is 63.3 Å². The van der Waals surface area contributed by atoms with Crippen molar-refractivity contribution in [3.63, 3.8) is 0 Å². The van der Waals surface area contributed by atoms with Crippen LogP contribution >= 0.6 is 11.3 Å². The lowest BCUT2D eigenvalue weighted by molar-refractivity contribution is 0.112. The summed E-state index contributed by atoms with van der Waals surface area (Å²) >= 11 is 1.47. The van der Waals surface area contributed by atoms with E-state index in [4.69, 9.17) is 10.8 Å². The Bertz CT molecular complexity index is 490. The number of benzene rings is 1. The Morgan fingerprint density at radius 2 is 2.29 bits per heavy atom. The summed E-state index contributed by atoms with van der Waals surface area (Å²) in [5.74, 6) is 0. The van der Waals surface area contributed by atoms with Crippen LogP contribution in [0.4, 0.5) is 5.69 Å². The van der Waals surface area contributed by atoms with E-state index in [0.717, 1.165) is 21.2 Å². The van der Waals surface area contributed by atoms with Crippen LogP contribution in [-0.2, 0) is 6.61 Å². The molecule has 0 aliphatic carbocycles. The molecule has 0 unspecified atom stereocenters. The molecule has 4 heteroatoms. The number of hydrogen-bond donors (Lipinski definition) is 2. The Kier molecular flexibility index (Phi) is 2.23. The Morgan fingerprint density at radius 1 is 1.50 bits per heavy atom. The molecule has 2 aromatic rings. The van der Waals surface area contributed by atoms with Gasteiger partial charge in [0.15, 0.2) is 6.29 Å². The lowest BCUT2D eigenvalue weighted by atomic mass is 10.1. The van der Waals surface area contributed by atoms with E-state index < -0.39 is 0 Å². The molecule has 3 N–H and O–H groups in total. The molecule has 0 saturated carbocycles. The molecule has 0 radical (unpaired) electrons. The Morgan fingerprint density at radius 3 is 2.93 bits per heavy atom. The lowest BCUT2D eigenvalue weighted by Gasteiger charge is -1.98. The quantitative estimate of drug-likeness (QED) is 0.583. The number of aldehydes is 1. The first-order valence-electron chi connectivity index (χ1n) is 4.13. The molecule has 1 aromatic carbocycles. The predicted molar refractivity (Wildman–Crippen MR) is 57.5 cm³/mol. The van der Waals surface area contributed by atoms with E-state index in [1.54, 1.807) is 12.1 Å². The predicted octanol–water partition coefficient (Wildman–Crippen LogP) is 1.79. The van der Waals surface area contributed by atoms with Gasteiger partial charge in [-0.2, -0.15) is 0 Å². The van der Waals surface area contributed by atoms with E-state index in [1.165, 1.54) is 11.3 Å². The summed E-state index contributed by atoms with van der Waals surface area (Å²) in [6.45, 7) is -0.00243. The molecular formula is C10H9NO2S. The summed E-state index contributed by atoms with van der Waals surface area (Å²) in [5, 5.41) is 9.79. The molecular weight excluding hydrogens is 198 g/mol. The van der Waals surface area contributed by atoms with Crippen molar-refractivity contribution in [3.8, 4) is 0 Å². The van der Waals surface area contributed by atoms with Crippen LogP contribution in [0.3, 0.4) is 0 Å². The highest BCUT2D eigenvalue weighted by Crippen LogP contribution is 2.30. The number of anilines is 1. The minimum Gasteiger partial charge on any atom is -0.398 e. The van der Waals surface area contributed by atoms with Crippen LogP contribution in [0.15, 0.2) is 18.2 Å². The molecule has 0 atom stereocenters. The van der Waals surface area contributed by atoms with Gasteiger partial charge < -0.3 is 10.8 Å². The Balaban J connectivity index is 2.79. The summed E-state index contributed by atoms with van der Waals surface area (Å²) in [7, 11) is 0. The van der Waals surface area contributed by atoms with Crippen LogP contribution in [-0.4, -0.2) is 11.4 Å². The van der Waals surface area contributed by atoms with Gasteiger partial charge in [-0.25, -0.2) is 0 Å². The maximum atomic E-state index is 10.8. The fourth-order valence-electron chi connectivity index (χ4n) is 1.41. The number of nitrogens with two attached hydrogens (primary N) is 1. The summed E-state index contributed by atoms with van der Waals surface area (Å²) in [6, 6.07) is 5.38. The zero-order valence-electron chi connectivity index (χ0n) is 7.36. The fourth-order valence-corrected chi connectivity index (χ4v) is 2.35. The summed E-state index contributed by atoms with van der Waals surface area (Å²) in [4.78, 5) is 11.6. The van der Waals surface area contributed by atoms with Crippen molar-refractivity contribution in [3.05, 3.63) is 28.6 Å². The Labute approximate surface area is 84.8 Å². The van der Waals surface area contributed by atoms with E-state index in [1.807, 2.05) is 6.07 Å². The third-order valence-electron chi connectivity index (χ3n) is 2.10. The minimum absolute atomic E-state index is 0.00243. The number of nitrogen functional groups attached to an aromatic ring is 1. The number of carbonyl (C=O) groups excluding carboxylic acids is 1. The van der Waals surface area contributed by atoms with E-state index >= 15 is 0 Å². The van der Waals surface area contributed by atoms with E-state index in [9.17, 15) is 4.79 Å². The van der Waals surface area contributed by atoms with Crippen molar-refractivity contribution in [2.45, 2.75) is 6.61 Å². The monoisotopic (exact) mass is 207 g/mol. The van der Waals surface area contributed by atoms with E-state index in [2.05, 4.69) is 0 Å². The summed E-state index contributed by atoms with van der Waals surface area (Å²) in [5.41, 5.74) is 6.65. The second-order valence-electron chi connectivity index (χ2n) is 2.97. The van der Waals surface area contributed by atoms with E-state index in [-0.39, 0.29) is 6.61 Å². The highest BCUT2D eigenvalue weighted by atomic mass is 32.1. The number of aliphatic hydroxyl groups excluding tert-OH is 1. The highest BCUT2D eigenvalue weighted by Gasteiger charge is 2.07. The first-order valence-corrected chi connectivity index (χ1v) is 4.95. The molecule has 0 aliphatic heterocycles. The molecule has 14 heavy (non-hydrogen) atoms. The minimum atomic E-state index is -0.00243. The van der Waals surface area contributed by atoms with Crippen LogP contribution in [0.5, 0.6) is 0 Å². The van der Waals surface area contributed by atoms with Gasteiger partial charge in [0, 0.05) is 26.2 Å². The number of hydrogen-bond acceptors (Lipinski definition) is 4. The Hall–Kier alpha value is -1.39. The van der Waals surface area contributed by atoms with Gasteiger partial charge in [-0.1, -0.05) is 0 Å². The van der Waals surface area contributed by atoms with Gasteiger partial charge in [0.1, 0.15) is 0 Å². The number of thiophene rings is 1. The fraction of sp³-hybridized carbons (Fsp3) is 0.100. The molecule has 1 aromatic heterocycles. The van der Waals surface area contributed by atoms with Crippen molar-refractivity contribution in [2.24, 2.45) is 0 Å². The van der Waals surface area contributed by atoms with Crippen LogP contribution in [0.1, 0.15) is 15.2 Å². The van der Waals surface area contributed by atoms with Crippen molar-refractivity contribution in [1.82, 2.24) is 0 Å². The number of aliphatic hydroxyl groups is 1. The third-order valence-corrected chi connectivity index (χ3v) is 3.19. The van der Waals surface area contributed by atoms with Gasteiger partial charge in [-0.05, 0) is 18.2 Å². The number of rotatable bonds is 2. The van der Waals surface area contributed by atoms with Gasteiger partial charge in [0.25, 0.3) is 0 Å². The van der Waals surface area contributed by atoms with Crippen LogP contribution in [0.25, 0.3) is 10.1 Å². The maximum absolute atomic E-state index is 10.8. The zero-order valence-corrected chi connectivity index (χ0v) is 8.17. The molecule has 0 saturated heterocycles. The largest absolute Gasteiger partial charge is 0.398 e. The smallest absolute Gasteiger partial charge is 0.152 e. The number of fused-ring (bicyclic) bond motifs is 1.